The monoisotopic (exact) mass is 480 g/mol. The van der Waals surface area contributed by atoms with E-state index in [0.29, 0.717) is 42.5 Å². The predicted molar refractivity (Wildman–Crippen MR) is 136 cm³/mol. The molecule has 7 heteroatoms. The Bertz CT molecular complexity index is 1090. The number of carbonyl (C=O) groups is 2. The molecule has 2 N–H and O–H groups in total. The average molecular weight is 481 g/mol. The van der Waals surface area contributed by atoms with Crippen molar-refractivity contribution in [2.75, 3.05) is 32.8 Å². The lowest BCUT2D eigenvalue weighted by atomic mass is 9.94. The van der Waals surface area contributed by atoms with Gasteiger partial charge in [-0.2, -0.15) is 0 Å². The van der Waals surface area contributed by atoms with Crippen molar-refractivity contribution >= 4 is 17.4 Å². The van der Waals surface area contributed by atoms with Gasteiger partial charge < -0.3 is 24.7 Å². The van der Waals surface area contributed by atoms with E-state index in [1.54, 1.807) is 24.3 Å². The standard InChI is InChI=1S/C28H36N2O5/c1-6-29(7-2)14-15-30-25(20-8-10-21(31)11-9-20)24(27(33)28(30)34)26(32)23-13-12-22(16-19(23)5)35-17-18(3)4/h8-13,16,18,25,31-32H,6-7,14-15,17H2,1-5H3/b26-24+. The van der Waals surface area contributed by atoms with Crippen LogP contribution in [0.25, 0.3) is 5.76 Å². The molecule has 2 aromatic carbocycles. The number of ketones is 1. The Morgan fingerprint density at radius 1 is 1.09 bits per heavy atom. The number of aromatic hydroxyl groups is 1. The molecule has 1 unspecified atom stereocenters. The van der Waals surface area contributed by atoms with Gasteiger partial charge in [-0.15, -0.1) is 0 Å². The second-order valence-electron chi connectivity index (χ2n) is 9.29. The second kappa shape index (κ2) is 11.4. The third-order valence-electron chi connectivity index (χ3n) is 6.34. The van der Waals surface area contributed by atoms with Crippen LogP contribution in [0.2, 0.25) is 0 Å². The Hall–Kier alpha value is -3.32. The first-order valence-corrected chi connectivity index (χ1v) is 12.2. The highest BCUT2D eigenvalue weighted by Gasteiger charge is 2.46. The minimum Gasteiger partial charge on any atom is -0.508 e. The predicted octanol–water partition coefficient (Wildman–Crippen LogP) is 4.50. The van der Waals surface area contributed by atoms with Crippen molar-refractivity contribution in [2.24, 2.45) is 5.92 Å². The number of carbonyl (C=O) groups excluding carboxylic acids is 2. The number of Topliss-reactive ketones (excluding diaryl/α,β-unsaturated/α-hetero) is 1. The van der Waals surface area contributed by atoms with E-state index in [1.807, 2.05) is 26.8 Å². The molecule has 188 valence electrons. The van der Waals surface area contributed by atoms with Crippen molar-refractivity contribution in [3.05, 3.63) is 64.7 Å². The van der Waals surface area contributed by atoms with E-state index >= 15 is 0 Å². The fraction of sp³-hybridized carbons (Fsp3) is 0.429. The zero-order valence-electron chi connectivity index (χ0n) is 21.2. The number of hydrogen-bond acceptors (Lipinski definition) is 6. The summed E-state index contributed by atoms with van der Waals surface area (Å²) in [5.41, 5.74) is 1.92. The summed E-state index contributed by atoms with van der Waals surface area (Å²) in [4.78, 5) is 30.0. The van der Waals surface area contributed by atoms with Crippen LogP contribution in [0.3, 0.4) is 0 Å². The van der Waals surface area contributed by atoms with Crippen LogP contribution >= 0.6 is 0 Å². The first-order valence-electron chi connectivity index (χ1n) is 12.2. The van der Waals surface area contributed by atoms with E-state index in [-0.39, 0.29) is 17.1 Å². The largest absolute Gasteiger partial charge is 0.508 e. The SMILES string of the molecule is CCN(CC)CCN1C(=O)C(=O)/C(=C(/O)c2ccc(OCC(C)C)cc2C)C1c1ccc(O)cc1. The van der Waals surface area contributed by atoms with Crippen molar-refractivity contribution in [3.63, 3.8) is 0 Å². The molecule has 0 aromatic heterocycles. The summed E-state index contributed by atoms with van der Waals surface area (Å²) in [6.45, 7) is 13.2. The maximum atomic E-state index is 13.2. The number of hydrogen-bond donors (Lipinski definition) is 2. The van der Waals surface area contributed by atoms with Crippen molar-refractivity contribution in [3.8, 4) is 11.5 Å². The molecule has 0 aliphatic carbocycles. The molecule has 1 fully saturated rings. The number of aliphatic hydroxyl groups is 1. The van der Waals surface area contributed by atoms with Crippen LogP contribution in [0.1, 0.15) is 50.4 Å². The first-order chi connectivity index (χ1) is 16.7. The highest BCUT2D eigenvalue weighted by Crippen LogP contribution is 2.40. The number of amides is 1. The lowest BCUT2D eigenvalue weighted by molar-refractivity contribution is -0.140. The summed E-state index contributed by atoms with van der Waals surface area (Å²) in [6.07, 6.45) is 0. The van der Waals surface area contributed by atoms with Gasteiger partial charge in [0, 0.05) is 18.7 Å². The zero-order valence-corrected chi connectivity index (χ0v) is 21.2. The molecule has 7 nitrogen and oxygen atoms in total. The van der Waals surface area contributed by atoms with Crippen molar-refractivity contribution < 1.29 is 24.5 Å². The number of nitrogens with zero attached hydrogens (tertiary/aromatic N) is 2. The number of phenols is 1. The molecule has 0 saturated carbocycles. The molecule has 2 aromatic rings. The number of phenolic OH excluding ortho intramolecular Hbond substituents is 1. The van der Waals surface area contributed by atoms with Gasteiger partial charge in [0.15, 0.2) is 0 Å². The third-order valence-corrected chi connectivity index (χ3v) is 6.34. The fourth-order valence-electron chi connectivity index (χ4n) is 4.30. The summed E-state index contributed by atoms with van der Waals surface area (Å²) < 4.78 is 5.79. The molecule has 1 atom stereocenters. The van der Waals surface area contributed by atoms with E-state index in [0.717, 1.165) is 18.7 Å². The van der Waals surface area contributed by atoms with E-state index in [4.69, 9.17) is 4.74 Å². The van der Waals surface area contributed by atoms with Gasteiger partial charge in [-0.1, -0.05) is 39.8 Å². The fourth-order valence-corrected chi connectivity index (χ4v) is 4.30. The summed E-state index contributed by atoms with van der Waals surface area (Å²) in [5.74, 6) is -0.407. The minimum absolute atomic E-state index is 0.0548. The van der Waals surface area contributed by atoms with Crippen molar-refractivity contribution in [1.82, 2.24) is 9.80 Å². The van der Waals surface area contributed by atoms with Crippen molar-refractivity contribution in [2.45, 2.75) is 40.7 Å². The van der Waals surface area contributed by atoms with Crippen LogP contribution in [0.15, 0.2) is 48.0 Å². The molecule has 1 aliphatic rings. The van der Waals surface area contributed by atoms with Gasteiger partial charge in [-0.05, 0) is 67.4 Å². The summed E-state index contributed by atoms with van der Waals surface area (Å²) in [6, 6.07) is 11.0. The number of aryl methyl sites for hydroxylation is 1. The quantitative estimate of drug-likeness (QED) is 0.296. The van der Waals surface area contributed by atoms with Crippen LogP contribution in [0, 0.1) is 12.8 Å². The van der Waals surface area contributed by atoms with E-state index in [2.05, 4.69) is 18.7 Å². The molecule has 1 aliphatic heterocycles. The van der Waals surface area contributed by atoms with Crippen LogP contribution in [0.4, 0.5) is 0 Å². The highest BCUT2D eigenvalue weighted by molar-refractivity contribution is 6.46. The lowest BCUT2D eigenvalue weighted by Gasteiger charge is -2.28. The Labute approximate surface area is 207 Å². The Morgan fingerprint density at radius 2 is 1.74 bits per heavy atom. The van der Waals surface area contributed by atoms with Crippen LogP contribution in [-0.4, -0.2) is 64.5 Å². The summed E-state index contributed by atoms with van der Waals surface area (Å²) in [5, 5.41) is 21.1. The van der Waals surface area contributed by atoms with Gasteiger partial charge in [0.1, 0.15) is 17.3 Å². The topological polar surface area (TPSA) is 90.3 Å². The highest BCUT2D eigenvalue weighted by atomic mass is 16.5. The summed E-state index contributed by atoms with van der Waals surface area (Å²) in [7, 11) is 0. The average Bonchev–Trinajstić information content (AvgIpc) is 3.08. The van der Waals surface area contributed by atoms with E-state index in [9.17, 15) is 19.8 Å². The Morgan fingerprint density at radius 3 is 2.31 bits per heavy atom. The molecule has 3 rings (SSSR count). The van der Waals surface area contributed by atoms with Gasteiger partial charge in [-0.25, -0.2) is 0 Å². The molecule has 0 spiro atoms. The van der Waals surface area contributed by atoms with Gasteiger partial charge in [0.05, 0.1) is 18.2 Å². The van der Waals surface area contributed by atoms with Crippen LogP contribution in [0.5, 0.6) is 11.5 Å². The first kappa shape index (κ1) is 26.3. The van der Waals surface area contributed by atoms with Gasteiger partial charge in [-0.3, -0.25) is 9.59 Å². The smallest absolute Gasteiger partial charge is 0.295 e. The molecular weight excluding hydrogens is 444 g/mol. The zero-order chi connectivity index (χ0) is 25.7. The minimum atomic E-state index is -0.748. The molecule has 35 heavy (non-hydrogen) atoms. The van der Waals surface area contributed by atoms with Crippen molar-refractivity contribution in [1.29, 1.82) is 0 Å². The number of rotatable bonds is 10. The van der Waals surface area contributed by atoms with Gasteiger partial charge >= 0.3 is 0 Å². The number of aliphatic hydroxyl groups excluding tert-OH is 1. The number of benzene rings is 2. The van der Waals surface area contributed by atoms with E-state index in [1.165, 1.54) is 17.0 Å². The molecule has 1 amide bonds. The Balaban J connectivity index is 2.05. The third kappa shape index (κ3) is 5.85. The lowest BCUT2D eigenvalue weighted by Crippen LogP contribution is -2.38. The molecule has 1 saturated heterocycles. The Kier molecular flexibility index (Phi) is 8.57. The summed E-state index contributed by atoms with van der Waals surface area (Å²) >= 11 is 0. The molecular formula is C28H36N2O5. The number of likely N-dealkylation sites (tertiary alicyclic amines) is 1. The number of ether oxygens (including phenoxy) is 1. The molecule has 0 bridgehead atoms. The number of likely N-dealkylation sites (N-methyl/N-ethyl adjacent to an activating group) is 1. The van der Waals surface area contributed by atoms with Gasteiger partial charge in [0.2, 0.25) is 0 Å². The van der Waals surface area contributed by atoms with Gasteiger partial charge in [0.25, 0.3) is 11.7 Å². The maximum Gasteiger partial charge on any atom is 0.295 e. The van der Waals surface area contributed by atoms with E-state index < -0.39 is 17.7 Å². The normalized spacial score (nSPS) is 17.6. The van der Waals surface area contributed by atoms with Crippen LogP contribution in [-0.2, 0) is 9.59 Å². The second-order valence-corrected chi connectivity index (χ2v) is 9.29. The molecule has 0 radical (unpaired) electrons. The maximum absolute atomic E-state index is 13.2. The molecule has 1 heterocycles. The van der Waals surface area contributed by atoms with Crippen LogP contribution < -0.4 is 4.74 Å².